The maximum Gasteiger partial charge on any atom is 0.228 e. The lowest BCUT2D eigenvalue weighted by atomic mass is 10.1. The molecule has 3 nitrogen and oxygen atoms in total. The molecule has 0 aliphatic rings. The first-order valence-electron chi connectivity index (χ1n) is 6.20. The Hall–Kier alpha value is -1.00. The number of rotatable bonds is 7. The summed E-state index contributed by atoms with van der Waals surface area (Å²) < 4.78 is 0. The predicted molar refractivity (Wildman–Crippen MR) is 80.2 cm³/mol. The number of aryl methyl sites for hydroxylation is 1. The van der Waals surface area contributed by atoms with E-state index in [9.17, 15) is 4.79 Å². The third kappa shape index (κ3) is 5.10. The van der Waals surface area contributed by atoms with E-state index in [1.165, 1.54) is 5.56 Å². The Balaban J connectivity index is 2.50. The van der Waals surface area contributed by atoms with Crippen molar-refractivity contribution in [3.63, 3.8) is 0 Å². The minimum absolute atomic E-state index is 0.0221. The number of benzene rings is 1. The van der Waals surface area contributed by atoms with Gasteiger partial charge in [0.2, 0.25) is 5.91 Å². The van der Waals surface area contributed by atoms with Gasteiger partial charge in [0.05, 0.1) is 0 Å². The number of hydrogen-bond acceptors (Lipinski definition) is 3. The van der Waals surface area contributed by atoms with Gasteiger partial charge < -0.3 is 10.6 Å². The summed E-state index contributed by atoms with van der Waals surface area (Å²) >= 11 is 1.84. The molecule has 0 spiro atoms. The van der Waals surface area contributed by atoms with Gasteiger partial charge in [0.15, 0.2) is 0 Å². The zero-order valence-corrected chi connectivity index (χ0v) is 12.1. The summed E-state index contributed by atoms with van der Waals surface area (Å²) in [4.78, 5) is 11.8. The molecule has 4 heteroatoms. The maximum absolute atomic E-state index is 11.8. The van der Waals surface area contributed by atoms with Crippen LogP contribution in [0.2, 0.25) is 0 Å². The molecule has 1 aromatic rings. The number of nitrogens with one attached hydrogen (secondary N) is 2. The Labute approximate surface area is 114 Å². The molecule has 1 rings (SSSR count). The van der Waals surface area contributed by atoms with Crippen molar-refractivity contribution in [2.45, 2.75) is 13.3 Å². The van der Waals surface area contributed by atoms with Crippen LogP contribution in [0.1, 0.15) is 12.5 Å². The van der Waals surface area contributed by atoms with Gasteiger partial charge in [-0.3, -0.25) is 4.79 Å². The molecule has 100 valence electrons. The van der Waals surface area contributed by atoms with Crippen LogP contribution in [0.3, 0.4) is 0 Å². The monoisotopic (exact) mass is 266 g/mol. The van der Waals surface area contributed by atoms with E-state index in [-0.39, 0.29) is 11.8 Å². The second kappa shape index (κ2) is 8.16. The van der Waals surface area contributed by atoms with Crippen molar-refractivity contribution in [1.29, 1.82) is 0 Å². The molecule has 1 aromatic carbocycles. The van der Waals surface area contributed by atoms with Gasteiger partial charge in [-0.25, -0.2) is 0 Å². The van der Waals surface area contributed by atoms with Gasteiger partial charge in [-0.05, 0) is 43.2 Å². The molecule has 0 radical (unpaired) electrons. The van der Waals surface area contributed by atoms with Crippen LogP contribution in [0.15, 0.2) is 24.3 Å². The van der Waals surface area contributed by atoms with Crippen LogP contribution in [0.5, 0.6) is 0 Å². The molecule has 2 N–H and O–H groups in total. The number of thioether (sulfide) groups is 1. The molecular formula is C14H22N2OS. The minimum atomic E-state index is -0.0221. The average molecular weight is 266 g/mol. The molecule has 0 bridgehead atoms. The Morgan fingerprint density at radius 1 is 1.33 bits per heavy atom. The lowest BCUT2D eigenvalue weighted by molar-refractivity contribution is -0.119. The van der Waals surface area contributed by atoms with Crippen LogP contribution in [0.4, 0.5) is 5.69 Å². The van der Waals surface area contributed by atoms with Gasteiger partial charge in [-0.2, -0.15) is 11.8 Å². The Bertz CT molecular complexity index is 365. The first-order chi connectivity index (χ1) is 8.67. The van der Waals surface area contributed by atoms with Gasteiger partial charge in [0, 0.05) is 18.2 Å². The van der Waals surface area contributed by atoms with Gasteiger partial charge in [-0.1, -0.05) is 19.1 Å². The highest BCUT2D eigenvalue weighted by molar-refractivity contribution is 7.98. The predicted octanol–water partition coefficient (Wildman–Crippen LogP) is 2.39. The zero-order chi connectivity index (χ0) is 13.4. The van der Waals surface area contributed by atoms with Crippen molar-refractivity contribution in [3.05, 3.63) is 29.8 Å². The fourth-order valence-corrected chi connectivity index (χ4v) is 2.08. The Morgan fingerprint density at radius 2 is 2.00 bits per heavy atom. The molecule has 0 saturated heterocycles. The van der Waals surface area contributed by atoms with Crippen LogP contribution in [-0.4, -0.2) is 31.5 Å². The lowest BCUT2D eigenvalue weighted by Crippen LogP contribution is -2.28. The third-order valence-electron chi connectivity index (χ3n) is 2.77. The Morgan fingerprint density at radius 3 is 2.56 bits per heavy atom. The first kappa shape index (κ1) is 15.1. The standard InChI is InChI=1S/C14H22N2OS/c1-11(10-15-2)14(17)16-13-6-4-12(5-7-13)8-9-18-3/h4-7,11,15H,8-10H2,1-3H3,(H,16,17). The van der Waals surface area contributed by atoms with Crippen LogP contribution >= 0.6 is 11.8 Å². The van der Waals surface area contributed by atoms with Crippen LogP contribution < -0.4 is 10.6 Å². The van der Waals surface area contributed by atoms with Crippen molar-refractivity contribution in [1.82, 2.24) is 5.32 Å². The highest BCUT2D eigenvalue weighted by atomic mass is 32.2. The molecule has 1 unspecified atom stereocenters. The van der Waals surface area contributed by atoms with Crippen LogP contribution in [-0.2, 0) is 11.2 Å². The van der Waals surface area contributed by atoms with Gasteiger partial charge in [0.1, 0.15) is 0 Å². The van der Waals surface area contributed by atoms with Crippen molar-refractivity contribution >= 4 is 23.4 Å². The summed E-state index contributed by atoms with van der Waals surface area (Å²) in [6.45, 7) is 2.61. The molecule has 0 aromatic heterocycles. The Kier molecular flexibility index (Phi) is 6.83. The van der Waals surface area contributed by atoms with E-state index in [2.05, 4.69) is 29.0 Å². The van der Waals surface area contributed by atoms with Crippen molar-refractivity contribution in [2.75, 3.05) is 30.9 Å². The van der Waals surface area contributed by atoms with Crippen LogP contribution in [0.25, 0.3) is 0 Å². The van der Waals surface area contributed by atoms with E-state index in [0.717, 1.165) is 17.9 Å². The molecule has 1 amide bonds. The molecule has 18 heavy (non-hydrogen) atoms. The summed E-state index contributed by atoms with van der Waals surface area (Å²) in [5.41, 5.74) is 2.18. The summed E-state index contributed by atoms with van der Waals surface area (Å²) in [5, 5.41) is 5.93. The second-order valence-electron chi connectivity index (χ2n) is 4.39. The highest BCUT2D eigenvalue weighted by Gasteiger charge is 2.11. The molecular weight excluding hydrogens is 244 g/mol. The topological polar surface area (TPSA) is 41.1 Å². The van der Waals surface area contributed by atoms with E-state index in [1.807, 2.05) is 37.9 Å². The number of carbonyl (C=O) groups excluding carboxylic acids is 1. The smallest absolute Gasteiger partial charge is 0.228 e. The van der Waals surface area contributed by atoms with Crippen molar-refractivity contribution in [2.24, 2.45) is 5.92 Å². The number of hydrogen-bond donors (Lipinski definition) is 2. The maximum atomic E-state index is 11.8. The largest absolute Gasteiger partial charge is 0.326 e. The summed E-state index contributed by atoms with van der Waals surface area (Å²) in [6.07, 6.45) is 3.18. The van der Waals surface area contributed by atoms with Gasteiger partial charge in [0.25, 0.3) is 0 Å². The van der Waals surface area contributed by atoms with Crippen molar-refractivity contribution in [3.8, 4) is 0 Å². The van der Waals surface area contributed by atoms with Crippen molar-refractivity contribution < 1.29 is 4.79 Å². The third-order valence-corrected chi connectivity index (χ3v) is 3.39. The summed E-state index contributed by atoms with van der Waals surface area (Å²) in [7, 11) is 1.85. The molecule has 0 aliphatic carbocycles. The highest BCUT2D eigenvalue weighted by Crippen LogP contribution is 2.12. The van der Waals surface area contributed by atoms with Crippen LogP contribution in [0, 0.1) is 5.92 Å². The fourth-order valence-electron chi connectivity index (χ4n) is 1.64. The summed E-state index contributed by atoms with van der Waals surface area (Å²) in [6, 6.07) is 8.10. The van der Waals surface area contributed by atoms with Gasteiger partial charge >= 0.3 is 0 Å². The molecule has 1 atom stereocenters. The molecule has 0 heterocycles. The van der Waals surface area contributed by atoms with E-state index in [0.29, 0.717) is 6.54 Å². The van der Waals surface area contributed by atoms with Gasteiger partial charge in [-0.15, -0.1) is 0 Å². The lowest BCUT2D eigenvalue weighted by Gasteiger charge is -2.11. The number of anilines is 1. The minimum Gasteiger partial charge on any atom is -0.326 e. The molecule has 0 saturated carbocycles. The number of carbonyl (C=O) groups is 1. The fraction of sp³-hybridized carbons (Fsp3) is 0.500. The normalized spacial score (nSPS) is 12.2. The molecule has 0 fully saturated rings. The van der Waals surface area contributed by atoms with E-state index >= 15 is 0 Å². The second-order valence-corrected chi connectivity index (χ2v) is 5.37. The quantitative estimate of drug-likeness (QED) is 0.796. The first-order valence-corrected chi connectivity index (χ1v) is 7.60. The summed E-state index contributed by atoms with van der Waals surface area (Å²) in [5.74, 6) is 1.16. The molecule has 0 aliphatic heterocycles. The van der Waals surface area contributed by atoms with E-state index in [1.54, 1.807) is 0 Å². The number of amides is 1. The van der Waals surface area contributed by atoms with E-state index < -0.39 is 0 Å². The average Bonchev–Trinajstić information content (AvgIpc) is 2.38. The SMILES string of the molecule is CNCC(C)C(=O)Nc1ccc(CCSC)cc1. The zero-order valence-electron chi connectivity index (χ0n) is 11.3. The van der Waals surface area contributed by atoms with E-state index in [4.69, 9.17) is 0 Å².